The number of carbonyl (C=O) groups is 4. The average Bonchev–Trinajstić information content (AvgIpc) is 3.38. The molecule has 2 aromatic rings. The minimum Gasteiger partial charge on any atom is -0.477 e. The number of amides is 2. The molecule has 2 aliphatic heterocycles. The number of ether oxygens (including phenoxy) is 2. The van der Waals surface area contributed by atoms with Crippen molar-refractivity contribution >= 4 is 58.6 Å². The molecule has 1 aromatic carbocycles. The Morgan fingerprint density at radius 2 is 2.00 bits per heavy atom. The van der Waals surface area contributed by atoms with Crippen LogP contribution in [0.2, 0.25) is 0 Å². The van der Waals surface area contributed by atoms with Gasteiger partial charge in [-0.25, -0.2) is 9.59 Å². The molecule has 0 bridgehead atoms. The first-order chi connectivity index (χ1) is 18.3. The summed E-state index contributed by atoms with van der Waals surface area (Å²) in [6.45, 7) is 1.87. The Morgan fingerprint density at radius 3 is 2.66 bits per heavy atom. The van der Waals surface area contributed by atoms with E-state index in [9.17, 15) is 29.4 Å². The number of benzene rings is 1. The zero-order valence-corrected chi connectivity index (χ0v) is 22.7. The highest BCUT2D eigenvalue weighted by Gasteiger charge is 2.54. The van der Waals surface area contributed by atoms with E-state index < -0.39 is 47.4 Å². The monoisotopic (exact) mass is 580 g/mol. The Bertz CT molecular complexity index is 1250. The number of esters is 1. The standard InChI is InChI=1S/C23H24N4O8S3/c1-3-35-22(33)16(34-2)18-25-26-23(38-18)37-10-12-9-36-20-13(19(30)27(20)14(12)21(31)32)24-17(29)15(28)11-7-5-4-6-8-11/h4-8,13,15-16,20,28H,3,9-10H2,1-2H3,(H,24,29)(H,31,32)/t13?,15?,16?,20-/m0/s1. The first-order valence-corrected chi connectivity index (χ1v) is 14.2. The van der Waals surface area contributed by atoms with Crippen molar-refractivity contribution in [2.75, 3.05) is 25.2 Å². The van der Waals surface area contributed by atoms with E-state index in [0.717, 1.165) is 11.3 Å². The van der Waals surface area contributed by atoms with Crippen molar-refractivity contribution in [1.82, 2.24) is 20.4 Å². The van der Waals surface area contributed by atoms with Gasteiger partial charge in [-0.05, 0) is 18.1 Å². The van der Waals surface area contributed by atoms with Crippen molar-refractivity contribution in [3.8, 4) is 0 Å². The van der Waals surface area contributed by atoms with Crippen LogP contribution in [0, 0.1) is 0 Å². The van der Waals surface area contributed by atoms with Gasteiger partial charge in [0, 0.05) is 18.6 Å². The van der Waals surface area contributed by atoms with Crippen molar-refractivity contribution in [3.63, 3.8) is 0 Å². The molecule has 15 heteroatoms. The summed E-state index contributed by atoms with van der Waals surface area (Å²) >= 11 is 3.68. The number of thioether (sulfide) groups is 2. The number of carboxylic acids is 1. The number of aliphatic hydroxyl groups excluding tert-OH is 1. The predicted octanol–water partition coefficient (Wildman–Crippen LogP) is 1.35. The Morgan fingerprint density at radius 1 is 1.26 bits per heavy atom. The van der Waals surface area contributed by atoms with Crippen molar-refractivity contribution in [2.45, 2.75) is 34.9 Å². The van der Waals surface area contributed by atoms with Gasteiger partial charge < -0.3 is 25.0 Å². The molecule has 0 spiro atoms. The maximum absolute atomic E-state index is 12.9. The van der Waals surface area contributed by atoms with E-state index in [1.807, 2.05) is 0 Å². The van der Waals surface area contributed by atoms with Gasteiger partial charge in [-0.3, -0.25) is 14.5 Å². The van der Waals surface area contributed by atoms with Crippen LogP contribution in [0.15, 0.2) is 45.9 Å². The first kappa shape index (κ1) is 28.0. The second kappa shape index (κ2) is 12.3. The second-order valence-electron chi connectivity index (χ2n) is 8.03. The van der Waals surface area contributed by atoms with Crippen molar-refractivity contribution < 1.29 is 38.9 Å². The topological polar surface area (TPSA) is 168 Å². The van der Waals surface area contributed by atoms with Crippen LogP contribution >= 0.6 is 34.9 Å². The number of carboxylic acid groups (broad SMARTS) is 1. The number of rotatable bonds is 11. The molecule has 12 nitrogen and oxygen atoms in total. The summed E-state index contributed by atoms with van der Waals surface area (Å²) in [5.41, 5.74) is 0.761. The van der Waals surface area contributed by atoms with Gasteiger partial charge in [-0.2, -0.15) is 0 Å². The van der Waals surface area contributed by atoms with Crippen molar-refractivity contribution in [3.05, 3.63) is 52.2 Å². The highest BCUT2D eigenvalue weighted by molar-refractivity contribution is 8.01. The van der Waals surface area contributed by atoms with Crippen LogP contribution in [-0.4, -0.2) is 85.7 Å². The molecule has 3 heterocycles. The molecular formula is C23H24N4O8S3. The van der Waals surface area contributed by atoms with Gasteiger partial charge in [-0.15, -0.1) is 22.0 Å². The number of carbonyl (C=O) groups excluding carboxylic acids is 3. The quantitative estimate of drug-likeness (QED) is 0.199. The fourth-order valence-corrected chi connectivity index (χ4v) is 7.28. The number of aliphatic carboxylic acids is 1. The van der Waals surface area contributed by atoms with E-state index in [-0.39, 0.29) is 18.1 Å². The molecule has 4 rings (SSSR count). The third kappa shape index (κ3) is 5.71. The SMILES string of the molecule is CCOC(=O)C(OC)c1nnc(SCC2=C(C(=O)O)N3C(=O)C(NC(=O)C(O)c4ccccc4)[C@@H]3SC2)s1. The lowest BCUT2D eigenvalue weighted by Gasteiger charge is -2.49. The van der Waals surface area contributed by atoms with Gasteiger partial charge in [0.05, 0.1) is 6.61 Å². The molecule has 2 aliphatic rings. The van der Waals surface area contributed by atoms with E-state index >= 15 is 0 Å². The Labute approximate surface area is 229 Å². The molecule has 1 saturated heterocycles. The van der Waals surface area contributed by atoms with Crippen LogP contribution in [0.1, 0.15) is 29.7 Å². The molecular weight excluding hydrogens is 556 g/mol. The Hall–Kier alpha value is -2.98. The third-order valence-corrected chi connectivity index (χ3v) is 9.19. The van der Waals surface area contributed by atoms with Crippen LogP contribution in [0.4, 0.5) is 0 Å². The number of hydrogen-bond donors (Lipinski definition) is 3. The van der Waals surface area contributed by atoms with Crippen LogP contribution in [0.3, 0.4) is 0 Å². The molecule has 0 aliphatic carbocycles. The molecule has 2 amide bonds. The van der Waals surface area contributed by atoms with Crippen molar-refractivity contribution in [2.24, 2.45) is 0 Å². The lowest BCUT2D eigenvalue weighted by Crippen LogP contribution is -2.70. The number of fused-ring (bicyclic) bond motifs is 1. The molecule has 0 radical (unpaired) electrons. The number of methoxy groups -OCH3 is 1. The van der Waals surface area contributed by atoms with Crippen molar-refractivity contribution in [1.29, 1.82) is 0 Å². The summed E-state index contributed by atoms with van der Waals surface area (Å²) in [6.07, 6.45) is -2.46. The predicted molar refractivity (Wildman–Crippen MR) is 138 cm³/mol. The first-order valence-electron chi connectivity index (χ1n) is 11.4. The molecule has 0 saturated carbocycles. The number of nitrogens with one attached hydrogen (secondary N) is 1. The number of hydrogen-bond acceptors (Lipinski definition) is 12. The summed E-state index contributed by atoms with van der Waals surface area (Å²) in [6, 6.07) is 7.35. The average molecular weight is 581 g/mol. The normalized spacial score (nSPS) is 20.3. The summed E-state index contributed by atoms with van der Waals surface area (Å²) in [7, 11) is 1.36. The zero-order chi connectivity index (χ0) is 27.4. The van der Waals surface area contributed by atoms with Gasteiger partial charge in [0.15, 0.2) is 15.5 Å². The van der Waals surface area contributed by atoms with E-state index in [1.165, 1.54) is 35.5 Å². The van der Waals surface area contributed by atoms with Crippen LogP contribution in [0.25, 0.3) is 0 Å². The maximum atomic E-state index is 12.9. The smallest absolute Gasteiger partial charge is 0.352 e. The molecule has 38 heavy (non-hydrogen) atoms. The van der Waals surface area contributed by atoms with E-state index in [4.69, 9.17) is 9.47 Å². The lowest BCUT2D eigenvalue weighted by molar-refractivity contribution is -0.155. The lowest BCUT2D eigenvalue weighted by atomic mass is 10.0. The number of aliphatic hydroxyl groups is 1. The van der Waals surface area contributed by atoms with Crippen LogP contribution < -0.4 is 5.32 Å². The molecule has 202 valence electrons. The van der Waals surface area contributed by atoms with Gasteiger partial charge in [0.1, 0.15) is 17.1 Å². The van der Waals surface area contributed by atoms with Gasteiger partial charge in [0.2, 0.25) is 6.10 Å². The Balaban J connectivity index is 1.42. The van der Waals surface area contributed by atoms with E-state index in [0.29, 0.717) is 26.2 Å². The third-order valence-electron chi connectivity index (χ3n) is 5.66. The van der Waals surface area contributed by atoms with E-state index in [1.54, 1.807) is 37.3 Å². The largest absolute Gasteiger partial charge is 0.477 e. The maximum Gasteiger partial charge on any atom is 0.352 e. The summed E-state index contributed by atoms with van der Waals surface area (Å²) < 4.78 is 10.6. The van der Waals surface area contributed by atoms with Crippen LogP contribution in [-0.2, 0) is 28.7 Å². The van der Waals surface area contributed by atoms with Gasteiger partial charge >= 0.3 is 11.9 Å². The number of nitrogens with zero attached hydrogens (tertiary/aromatic N) is 3. The fraction of sp³-hybridized carbons (Fsp3) is 0.391. The number of β-lactam (4-membered cyclic amide) rings is 1. The molecule has 3 unspecified atom stereocenters. The summed E-state index contributed by atoms with van der Waals surface area (Å²) in [5.74, 6) is -2.60. The minimum atomic E-state index is -1.45. The highest BCUT2D eigenvalue weighted by atomic mass is 32.2. The molecule has 4 atom stereocenters. The zero-order valence-electron chi connectivity index (χ0n) is 20.2. The summed E-state index contributed by atoms with van der Waals surface area (Å²) in [4.78, 5) is 50.7. The minimum absolute atomic E-state index is 0.133. The number of aromatic nitrogens is 2. The van der Waals surface area contributed by atoms with Crippen LogP contribution in [0.5, 0.6) is 0 Å². The second-order valence-corrected chi connectivity index (χ2v) is 11.4. The van der Waals surface area contributed by atoms with Gasteiger partial charge in [-0.1, -0.05) is 53.4 Å². The molecule has 1 aromatic heterocycles. The van der Waals surface area contributed by atoms with Gasteiger partial charge in [0.25, 0.3) is 11.8 Å². The van der Waals surface area contributed by atoms with E-state index in [2.05, 4.69) is 15.5 Å². The highest BCUT2D eigenvalue weighted by Crippen LogP contribution is 2.42. The summed E-state index contributed by atoms with van der Waals surface area (Å²) in [5, 5.41) is 30.5. The molecule has 1 fully saturated rings. The Kier molecular flexibility index (Phi) is 9.04. The molecule has 3 N–H and O–H groups in total. The fourth-order valence-electron chi connectivity index (χ4n) is 3.86.